The number of aliphatic hydroxyl groups excluding tert-OH is 8. The van der Waals surface area contributed by atoms with Gasteiger partial charge in [0.2, 0.25) is 5.91 Å². The maximum absolute atomic E-state index is 13.2. The lowest BCUT2D eigenvalue weighted by atomic mass is 9.97. The van der Waals surface area contributed by atoms with Crippen molar-refractivity contribution in [2.75, 3.05) is 19.8 Å². The third kappa shape index (κ3) is 31.8. The molecule has 0 saturated carbocycles. The van der Waals surface area contributed by atoms with Crippen LogP contribution in [0.1, 0.15) is 187 Å². The van der Waals surface area contributed by atoms with E-state index in [1.807, 2.05) is 18.2 Å². The van der Waals surface area contributed by atoms with E-state index in [2.05, 4.69) is 92.1 Å². The Kier molecular flexibility index (Phi) is 41.6. The summed E-state index contributed by atoms with van der Waals surface area (Å²) in [5.74, 6) is -0.334. The van der Waals surface area contributed by atoms with E-state index in [1.54, 1.807) is 6.08 Å². The van der Waals surface area contributed by atoms with Crippen LogP contribution in [0.5, 0.6) is 0 Å². The summed E-state index contributed by atoms with van der Waals surface area (Å²) in [7, 11) is 0. The van der Waals surface area contributed by atoms with E-state index in [9.17, 15) is 45.6 Å². The Bertz CT molecular complexity index is 1620. The highest BCUT2D eigenvalue weighted by Crippen LogP contribution is 2.30. The van der Waals surface area contributed by atoms with Crippen LogP contribution in [0.2, 0.25) is 0 Å². The van der Waals surface area contributed by atoms with E-state index < -0.39 is 86.8 Å². The molecule has 12 unspecified atom stereocenters. The van der Waals surface area contributed by atoms with Crippen molar-refractivity contribution in [3.05, 3.63) is 97.2 Å². The number of carbonyl (C=O) groups is 1. The minimum atomic E-state index is -1.80. The van der Waals surface area contributed by atoms with Gasteiger partial charge in [-0.15, -0.1) is 0 Å². The zero-order valence-corrected chi connectivity index (χ0v) is 46.0. The summed E-state index contributed by atoms with van der Waals surface area (Å²) in [5.41, 5.74) is 0. The molecule has 14 nitrogen and oxygen atoms in total. The van der Waals surface area contributed by atoms with Crippen LogP contribution in [0.4, 0.5) is 0 Å². The van der Waals surface area contributed by atoms with Gasteiger partial charge < -0.3 is 65.1 Å². The molecule has 2 heterocycles. The molecule has 0 bridgehead atoms. The minimum Gasteiger partial charge on any atom is -0.394 e. The average Bonchev–Trinajstić information content (AvgIpc) is 3.41. The highest BCUT2D eigenvalue weighted by atomic mass is 16.7. The van der Waals surface area contributed by atoms with Gasteiger partial charge in [-0.1, -0.05) is 207 Å². The third-order valence-corrected chi connectivity index (χ3v) is 13.5. The van der Waals surface area contributed by atoms with Crippen LogP contribution >= 0.6 is 0 Å². The third-order valence-electron chi connectivity index (χ3n) is 13.5. The number of amides is 1. The van der Waals surface area contributed by atoms with Crippen LogP contribution in [-0.2, 0) is 23.7 Å². The molecule has 2 saturated heterocycles. The Morgan fingerprint density at radius 3 is 1.45 bits per heavy atom. The molecule has 1 amide bonds. The quantitative estimate of drug-likeness (QED) is 0.0205. The van der Waals surface area contributed by atoms with Crippen LogP contribution in [0.3, 0.4) is 0 Å². The number of carbonyl (C=O) groups excluding carboxylic acids is 1. The lowest BCUT2D eigenvalue weighted by Gasteiger charge is -2.46. The second-order valence-electron chi connectivity index (χ2n) is 20.0. The van der Waals surface area contributed by atoms with Crippen LogP contribution in [0.25, 0.3) is 0 Å². The van der Waals surface area contributed by atoms with Crippen molar-refractivity contribution in [2.24, 2.45) is 0 Å². The molecule has 2 rings (SSSR count). The van der Waals surface area contributed by atoms with Crippen LogP contribution in [-0.4, -0.2) is 140 Å². The van der Waals surface area contributed by atoms with Gasteiger partial charge in [-0.2, -0.15) is 0 Å². The predicted octanol–water partition coefficient (Wildman–Crippen LogP) is 9.49. The van der Waals surface area contributed by atoms with Crippen molar-refractivity contribution >= 4 is 5.91 Å². The fourth-order valence-corrected chi connectivity index (χ4v) is 8.86. The summed E-state index contributed by atoms with van der Waals surface area (Å²) >= 11 is 0. The number of hydrogen-bond donors (Lipinski definition) is 9. The van der Waals surface area contributed by atoms with Crippen molar-refractivity contribution in [3.8, 4) is 0 Å². The first-order chi connectivity index (χ1) is 36.6. The van der Waals surface area contributed by atoms with Gasteiger partial charge >= 0.3 is 0 Å². The molecule has 12 atom stereocenters. The lowest BCUT2D eigenvalue weighted by molar-refractivity contribution is -0.359. The first-order valence-corrected chi connectivity index (χ1v) is 29.0. The number of rotatable bonds is 44. The number of unbranched alkanes of at least 4 members (excludes halogenated alkanes) is 17. The van der Waals surface area contributed by atoms with Crippen LogP contribution in [0, 0.1) is 0 Å². The van der Waals surface area contributed by atoms with E-state index in [0.717, 1.165) is 51.4 Å². The van der Waals surface area contributed by atoms with Gasteiger partial charge in [0, 0.05) is 6.42 Å². The number of aliphatic hydroxyl groups is 8. The molecular weight excluding hydrogens is 955 g/mol. The van der Waals surface area contributed by atoms with E-state index in [4.69, 9.17) is 18.9 Å². The summed E-state index contributed by atoms with van der Waals surface area (Å²) in [4.78, 5) is 13.2. The van der Waals surface area contributed by atoms with Crippen molar-refractivity contribution < 1.29 is 64.6 Å². The molecule has 0 spiro atoms. The molecule has 0 radical (unpaired) electrons. The molecule has 2 fully saturated rings. The Hall–Kier alpha value is -3.09. The molecule has 2 aliphatic rings. The number of allylic oxidation sites excluding steroid dienone is 15. The monoisotopic (exact) mass is 1060 g/mol. The van der Waals surface area contributed by atoms with Gasteiger partial charge in [0.25, 0.3) is 0 Å². The highest BCUT2D eigenvalue weighted by molar-refractivity contribution is 5.76. The standard InChI is InChI=1S/C61H103NO13/c1-3-5-7-9-11-13-15-17-19-21-23-24-25-27-28-30-32-34-36-38-40-42-44-50(65)49(62-53(66)45-43-41-39-37-35-33-31-29-26-22-20-18-16-14-12-10-8-6-4-2)48-72-60-58(71)56(69)59(52(47-64)74-60)75-61-57(70)55(68)54(67)51(46-63)73-61/h6,8,12,14,18,20,26,29,33-36,39,41-42,44,49-52,54-61,63-65,67-71H,3-5,7,9-11,13,15-17,19,21-25,27-28,30-32,37-38,40,43,45-48H2,1-2H3,(H,62,66)/b8-6-,14-12-,20-18-,29-26-,35-33-,36-34+,41-39-,44-42+. The Labute approximate surface area is 452 Å². The summed E-state index contributed by atoms with van der Waals surface area (Å²) < 4.78 is 22.7. The molecule has 75 heavy (non-hydrogen) atoms. The average molecular weight is 1060 g/mol. The first kappa shape index (κ1) is 68.0. The topological polar surface area (TPSA) is 228 Å². The molecule has 0 aliphatic carbocycles. The molecule has 0 aromatic rings. The fourth-order valence-electron chi connectivity index (χ4n) is 8.86. The fraction of sp³-hybridized carbons (Fsp3) is 0.721. The smallest absolute Gasteiger partial charge is 0.220 e. The summed E-state index contributed by atoms with van der Waals surface area (Å²) in [6.45, 7) is 2.61. The number of nitrogens with one attached hydrogen (secondary N) is 1. The van der Waals surface area contributed by atoms with Gasteiger partial charge in [-0.3, -0.25) is 4.79 Å². The van der Waals surface area contributed by atoms with E-state index >= 15 is 0 Å². The van der Waals surface area contributed by atoms with Gasteiger partial charge in [0.15, 0.2) is 12.6 Å². The van der Waals surface area contributed by atoms with E-state index in [-0.39, 0.29) is 18.9 Å². The Morgan fingerprint density at radius 1 is 0.493 bits per heavy atom. The van der Waals surface area contributed by atoms with Gasteiger partial charge in [0.1, 0.15) is 48.8 Å². The van der Waals surface area contributed by atoms with Crippen molar-refractivity contribution in [1.29, 1.82) is 0 Å². The lowest BCUT2D eigenvalue weighted by Crippen LogP contribution is -2.65. The van der Waals surface area contributed by atoms with Gasteiger partial charge in [0.05, 0.1) is 32.0 Å². The van der Waals surface area contributed by atoms with Crippen molar-refractivity contribution in [1.82, 2.24) is 5.32 Å². The highest BCUT2D eigenvalue weighted by Gasteiger charge is 2.51. The van der Waals surface area contributed by atoms with Crippen molar-refractivity contribution in [2.45, 2.75) is 261 Å². The van der Waals surface area contributed by atoms with E-state index in [1.165, 1.54) is 103 Å². The SMILES string of the molecule is CC/C=C\C/C=C\C/C=C\C/C=C\C/C=C\C/C=C\CCC(=O)NC(COC1OC(CO)C(OC2OC(CO)C(O)C(O)C2O)C(O)C1O)C(O)/C=C/CC/C=C/CCCCCCCCCCCCCCCCCC. The number of hydrogen-bond acceptors (Lipinski definition) is 13. The summed E-state index contributed by atoms with van der Waals surface area (Å²) in [5, 5.41) is 86.9. The molecule has 2 aliphatic heterocycles. The van der Waals surface area contributed by atoms with Crippen LogP contribution in [0.15, 0.2) is 97.2 Å². The zero-order valence-electron chi connectivity index (χ0n) is 46.0. The predicted molar refractivity (Wildman–Crippen MR) is 299 cm³/mol. The normalized spacial score (nSPS) is 25.8. The van der Waals surface area contributed by atoms with Crippen molar-refractivity contribution in [3.63, 3.8) is 0 Å². The zero-order chi connectivity index (χ0) is 54.6. The number of ether oxygens (including phenoxy) is 4. The van der Waals surface area contributed by atoms with Gasteiger partial charge in [-0.25, -0.2) is 0 Å². The minimum absolute atomic E-state index is 0.143. The maximum Gasteiger partial charge on any atom is 0.220 e. The molecule has 9 N–H and O–H groups in total. The molecule has 430 valence electrons. The van der Waals surface area contributed by atoms with Crippen LogP contribution < -0.4 is 5.32 Å². The van der Waals surface area contributed by atoms with Gasteiger partial charge in [-0.05, 0) is 70.6 Å². The molecule has 14 heteroatoms. The first-order valence-electron chi connectivity index (χ1n) is 29.0. The largest absolute Gasteiger partial charge is 0.394 e. The van der Waals surface area contributed by atoms with E-state index in [0.29, 0.717) is 12.8 Å². The second-order valence-corrected chi connectivity index (χ2v) is 20.0. The summed E-state index contributed by atoms with van der Waals surface area (Å²) in [6.07, 6.45) is 46.0. The summed E-state index contributed by atoms with van der Waals surface area (Å²) in [6, 6.07) is -0.979. The molecule has 0 aromatic carbocycles. The Morgan fingerprint density at radius 2 is 0.933 bits per heavy atom. The second kappa shape index (κ2) is 45.9. The molecular formula is C61H103NO13. The maximum atomic E-state index is 13.2. The Balaban J connectivity index is 1.84. The molecule has 0 aromatic heterocycles.